The highest BCUT2D eigenvalue weighted by Crippen LogP contribution is 2.43. The standard InChI is InChI=1S/C64H117O11P/c1-4-7-10-13-16-19-22-25-28-30-33-35-38-41-44-47-50-53-62(66)71-57-61(75-64(68)55-52-49-46-43-40-37-34-31-29-26-23-20-17-14-11-8-5-2)59-73-76(69,70)72-58-60(56-65)74-63(67)54-51-48-45-42-39-36-32-27-24-21-18-15-12-9-6-3/h8,11,17,20,25-26,28-29,60-61,65H,4-7,9-10,12-16,18-19,21-24,27,30-59H2,1-3H3,(H,69,70)/b11-8-,20-17-,28-25-,29-26-. The molecule has 0 bridgehead atoms. The summed E-state index contributed by atoms with van der Waals surface area (Å²) < 4.78 is 39.7. The molecule has 0 saturated carbocycles. The normalized spacial score (nSPS) is 13.6. The predicted octanol–water partition coefficient (Wildman–Crippen LogP) is 18.9. The van der Waals surface area contributed by atoms with Crippen LogP contribution in [0.25, 0.3) is 0 Å². The first-order valence-electron chi connectivity index (χ1n) is 31.5. The van der Waals surface area contributed by atoms with E-state index in [4.69, 9.17) is 23.3 Å². The van der Waals surface area contributed by atoms with Gasteiger partial charge in [-0.15, -0.1) is 0 Å². The maximum atomic E-state index is 12.9. The first kappa shape index (κ1) is 73.4. The van der Waals surface area contributed by atoms with Crippen LogP contribution in [0.4, 0.5) is 0 Å². The Bertz CT molecular complexity index is 1460. The number of allylic oxidation sites excluding steroid dienone is 8. The molecule has 0 aliphatic rings. The minimum Gasteiger partial charge on any atom is -0.462 e. The van der Waals surface area contributed by atoms with Crippen LogP contribution in [0.2, 0.25) is 0 Å². The van der Waals surface area contributed by atoms with E-state index < -0.39 is 57.8 Å². The average Bonchev–Trinajstić information content (AvgIpc) is 3.41. The zero-order valence-corrected chi connectivity index (χ0v) is 50.1. The molecule has 12 heteroatoms. The summed E-state index contributed by atoms with van der Waals surface area (Å²) in [7, 11) is -4.75. The number of carbonyl (C=O) groups is 3. The smallest absolute Gasteiger partial charge is 0.462 e. The third-order valence-electron chi connectivity index (χ3n) is 13.7. The molecule has 0 fully saturated rings. The Morgan fingerprint density at radius 3 is 1.07 bits per heavy atom. The van der Waals surface area contributed by atoms with Gasteiger partial charge in [0.05, 0.1) is 19.8 Å². The van der Waals surface area contributed by atoms with E-state index in [9.17, 15) is 28.9 Å². The monoisotopic (exact) mass is 1090 g/mol. The van der Waals surface area contributed by atoms with Gasteiger partial charge in [0, 0.05) is 19.3 Å². The molecule has 444 valence electrons. The molecular weight excluding hydrogens is 976 g/mol. The van der Waals surface area contributed by atoms with Gasteiger partial charge in [-0.05, 0) is 77.0 Å². The molecule has 0 amide bonds. The zero-order chi connectivity index (χ0) is 55.5. The second kappa shape index (κ2) is 58.6. The fraction of sp³-hybridized carbons (Fsp3) is 0.828. The van der Waals surface area contributed by atoms with Gasteiger partial charge in [-0.3, -0.25) is 23.4 Å². The van der Waals surface area contributed by atoms with Crippen molar-refractivity contribution in [1.29, 1.82) is 0 Å². The van der Waals surface area contributed by atoms with Crippen LogP contribution in [0, 0.1) is 0 Å². The summed E-state index contributed by atoms with van der Waals surface area (Å²) in [5, 5.41) is 9.84. The van der Waals surface area contributed by atoms with Gasteiger partial charge in [0.2, 0.25) is 0 Å². The first-order valence-corrected chi connectivity index (χ1v) is 33.0. The van der Waals surface area contributed by atoms with E-state index in [0.717, 1.165) is 96.3 Å². The van der Waals surface area contributed by atoms with Crippen molar-refractivity contribution >= 4 is 25.7 Å². The van der Waals surface area contributed by atoms with Gasteiger partial charge in [0.25, 0.3) is 0 Å². The molecule has 2 N–H and O–H groups in total. The summed E-state index contributed by atoms with van der Waals surface area (Å²) >= 11 is 0. The Balaban J connectivity index is 4.70. The number of phosphoric acid groups is 1. The lowest BCUT2D eigenvalue weighted by molar-refractivity contribution is -0.161. The van der Waals surface area contributed by atoms with Crippen LogP contribution in [0.3, 0.4) is 0 Å². The van der Waals surface area contributed by atoms with Crippen LogP contribution in [0.15, 0.2) is 48.6 Å². The lowest BCUT2D eigenvalue weighted by atomic mass is 10.0. The highest BCUT2D eigenvalue weighted by atomic mass is 31.2. The summed E-state index contributed by atoms with van der Waals surface area (Å²) in [6.45, 7) is 4.57. The molecule has 0 heterocycles. The predicted molar refractivity (Wildman–Crippen MR) is 316 cm³/mol. The van der Waals surface area contributed by atoms with E-state index in [1.807, 2.05) is 0 Å². The molecule has 0 aliphatic heterocycles. The number of esters is 3. The summed E-state index contributed by atoms with van der Waals surface area (Å²) in [4.78, 5) is 48.7. The highest BCUT2D eigenvalue weighted by molar-refractivity contribution is 7.47. The van der Waals surface area contributed by atoms with Gasteiger partial charge in [-0.1, -0.05) is 256 Å². The van der Waals surface area contributed by atoms with Crippen molar-refractivity contribution in [2.45, 2.75) is 315 Å². The van der Waals surface area contributed by atoms with E-state index in [1.165, 1.54) is 148 Å². The first-order chi connectivity index (χ1) is 37.2. The number of hydrogen-bond acceptors (Lipinski definition) is 10. The van der Waals surface area contributed by atoms with Gasteiger partial charge in [0.1, 0.15) is 12.7 Å². The summed E-state index contributed by atoms with van der Waals surface area (Å²) in [5.41, 5.74) is 0. The summed E-state index contributed by atoms with van der Waals surface area (Å²) in [5.74, 6) is -1.46. The van der Waals surface area contributed by atoms with Gasteiger partial charge in [-0.2, -0.15) is 0 Å². The van der Waals surface area contributed by atoms with E-state index >= 15 is 0 Å². The molecule has 3 unspecified atom stereocenters. The summed E-state index contributed by atoms with van der Waals surface area (Å²) in [6, 6.07) is 0. The largest absolute Gasteiger partial charge is 0.472 e. The second-order valence-corrected chi connectivity index (χ2v) is 22.7. The van der Waals surface area contributed by atoms with Crippen LogP contribution in [-0.2, 0) is 42.2 Å². The maximum Gasteiger partial charge on any atom is 0.472 e. The molecule has 0 saturated heterocycles. The number of ether oxygens (including phenoxy) is 3. The molecule has 76 heavy (non-hydrogen) atoms. The number of aliphatic hydroxyl groups excluding tert-OH is 1. The fourth-order valence-electron chi connectivity index (χ4n) is 8.96. The van der Waals surface area contributed by atoms with Crippen molar-refractivity contribution in [3.63, 3.8) is 0 Å². The molecule has 3 atom stereocenters. The Morgan fingerprint density at radius 1 is 0.382 bits per heavy atom. The number of carbonyl (C=O) groups excluding carboxylic acids is 3. The number of unbranched alkanes of at least 4 members (excludes halogenated alkanes) is 34. The Morgan fingerprint density at radius 2 is 0.684 bits per heavy atom. The Labute approximate surface area is 466 Å². The van der Waals surface area contributed by atoms with Crippen molar-refractivity contribution in [1.82, 2.24) is 0 Å². The average molecular weight is 1090 g/mol. The third kappa shape index (κ3) is 56.2. The van der Waals surface area contributed by atoms with Crippen LogP contribution in [-0.4, -0.2) is 66.5 Å². The third-order valence-corrected chi connectivity index (χ3v) is 14.7. The van der Waals surface area contributed by atoms with Crippen LogP contribution < -0.4 is 0 Å². The Kier molecular flexibility index (Phi) is 56.6. The number of rotatable bonds is 59. The lowest BCUT2D eigenvalue weighted by Gasteiger charge is -2.21. The van der Waals surface area contributed by atoms with Crippen molar-refractivity contribution in [2.75, 3.05) is 26.4 Å². The van der Waals surface area contributed by atoms with Crippen LogP contribution in [0.1, 0.15) is 303 Å². The van der Waals surface area contributed by atoms with Crippen LogP contribution >= 0.6 is 7.82 Å². The molecule has 0 aliphatic carbocycles. The summed E-state index contributed by atoms with van der Waals surface area (Å²) in [6.07, 6.45) is 63.4. The molecule has 0 rings (SSSR count). The molecule has 0 aromatic carbocycles. The van der Waals surface area contributed by atoms with Crippen molar-refractivity contribution in [3.8, 4) is 0 Å². The van der Waals surface area contributed by atoms with E-state index in [0.29, 0.717) is 19.3 Å². The number of phosphoric ester groups is 1. The minimum absolute atomic E-state index is 0.158. The SMILES string of the molecule is CC/C=C\C/C=C\C/C=C\CCCCCCCCCC(=O)OC(COC(=O)CCCCCCCCC/C=C\CCCCCCCC)COP(=O)(O)OCC(CO)OC(=O)CCCCCCCCCCCCCCCCC. The maximum absolute atomic E-state index is 12.9. The molecule has 11 nitrogen and oxygen atoms in total. The van der Waals surface area contributed by atoms with Crippen LogP contribution in [0.5, 0.6) is 0 Å². The number of aliphatic hydroxyl groups is 1. The van der Waals surface area contributed by atoms with Crippen molar-refractivity contribution < 1.29 is 52.2 Å². The molecule has 0 aromatic heterocycles. The lowest BCUT2D eigenvalue weighted by Crippen LogP contribution is -2.30. The molecule has 0 aromatic rings. The second-order valence-electron chi connectivity index (χ2n) is 21.2. The van der Waals surface area contributed by atoms with Gasteiger partial charge >= 0.3 is 25.7 Å². The van der Waals surface area contributed by atoms with E-state index in [-0.39, 0.29) is 25.9 Å². The zero-order valence-electron chi connectivity index (χ0n) is 49.2. The van der Waals surface area contributed by atoms with Crippen molar-refractivity contribution in [2.24, 2.45) is 0 Å². The van der Waals surface area contributed by atoms with Gasteiger partial charge in [0.15, 0.2) is 6.10 Å². The van der Waals surface area contributed by atoms with Gasteiger partial charge < -0.3 is 24.2 Å². The molecular formula is C64H117O11P. The fourth-order valence-corrected chi connectivity index (χ4v) is 9.74. The van der Waals surface area contributed by atoms with Crippen molar-refractivity contribution in [3.05, 3.63) is 48.6 Å². The molecule has 0 radical (unpaired) electrons. The van der Waals surface area contributed by atoms with E-state index in [2.05, 4.69) is 69.4 Å². The molecule has 0 spiro atoms. The quantitative estimate of drug-likeness (QED) is 0.0197. The van der Waals surface area contributed by atoms with Gasteiger partial charge in [-0.25, -0.2) is 4.57 Å². The highest BCUT2D eigenvalue weighted by Gasteiger charge is 2.28. The minimum atomic E-state index is -4.75. The Hall–Kier alpha value is -2.56. The van der Waals surface area contributed by atoms with E-state index in [1.54, 1.807) is 0 Å². The topological polar surface area (TPSA) is 155 Å². The number of hydrogen-bond donors (Lipinski definition) is 2.